The number of nitrogens with zero attached hydrogens (tertiary/aromatic N) is 1. The van der Waals surface area contributed by atoms with Gasteiger partial charge in [-0.15, -0.1) is 0 Å². The molecule has 27 heavy (non-hydrogen) atoms. The molecule has 2 aromatic rings. The zero-order valence-corrected chi connectivity index (χ0v) is 16.3. The van der Waals surface area contributed by atoms with Gasteiger partial charge in [0, 0.05) is 0 Å². The first-order valence-electron chi connectivity index (χ1n) is 9.17. The van der Waals surface area contributed by atoms with Gasteiger partial charge in [0.25, 0.3) is 0 Å². The van der Waals surface area contributed by atoms with E-state index in [4.69, 9.17) is 5.14 Å². The number of sulfonamides is 1. The highest BCUT2D eigenvalue weighted by molar-refractivity contribution is 7.89. The maximum Gasteiger partial charge on any atom is 0.238 e. The number of hydrogen-bond donors (Lipinski definition) is 2. The molecular formula is C21H23N3O2S. The third-order valence-electron chi connectivity index (χ3n) is 6.06. The summed E-state index contributed by atoms with van der Waals surface area (Å²) >= 11 is 0. The minimum atomic E-state index is -3.83. The lowest BCUT2D eigenvalue weighted by Gasteiger charge is -2.35. The lowest BCUT2D eigenvalue weighted by molar-refractivity contribution is 0.391. The first kappa shape index (κ1) is 18.0. The van der Waals surface area contributed by atoms with E-state index in [0.717, 1.165) is 6.42 Å². The molecule has 0 saturated carbocycles. The number of hydrogen-bond acceptors (Lipinski definition) is 4. The van der Waals surface area contributed by atoms with E-state index in [1.807, 2.05) is 0 Å². The zero-order chi connectivity index (χ0) is 19.4. The van der Waals surface area contributed by atoms with Crippen molar-refractivity contribution in [2.45, 2.75) is 55.4 Å². The number of anilines is 1. The van der Waals surface area contributed by atoms with Gasteiger partial charge in [-0.25, -0.2) is 13.6 Å². The Morgan fingerprint density at radius 1 is 1.26 bits per heavy atom. The standard InChI is InChI=1S/C21H23N3O2S/c1-21(2)9-8-13-11-19(16-4-3-5-17(21)20(13)16)24-18-7-6-15(27(23,25)26)10-14(18)12-22/h3-7,10,13,19,24H,8-9,11H2,1-2H3,(H2,23,25,26). The van der Waals surface area contributed by atoms with E-state index in [1.165, 1.54) is 41.7 Å². The Kier molecular flexibility index (Phi) is 4.06. The van der Waals surface area contributed by atoms with E-state index >= 15 is 0 Å². The van der Waals surface area contributed by atoms with Crippen molar-refractivity contribution in [3.05, 3.63) is 58.7 Å². The summed E-state index contributed by atoms with van der Waals surface area (Å²) in [6.07, 6.45) is 3.34. The normalized spacial score (nSPS) is 22.7. The van der Waals surface area contributed by atoms with Gasteiger partial charge in [-0.3, -0.25) is 0 Å². The number of benzene rings is 2. The Morgan fingerprint density at radius 3 is 2.74 bits per heavy atom. The first-order valence-corrected chi connectivity index (χ1v) is 10.7. The second-order valence-electron chi connectivity index (χ2n) is 8.22. The largest absolute Gasteiger partial charge is 0.377 e. The van der Waals surface area contributed by atoms with Crippen LogP contribution in [0.25, 0.3) is 0 Å². The predicted octanol–water partition coefficient (Wildman–Crippen LogP) is 3.92. The molecule has 5 nitrogen and oxygen atoms in total. The highest BCUT2D eigenvalue weighted by atomic mass is 32.2. The smallest absolute Gasteiger partial charge is 0.238 e. The average Bonchev–Trinajstić information content (AvgIpc) is 2.97. The van der Waals surface area contributed by atoms with Crippen molar-refractivity contribution in [1.29, 1.82) is 5.26 Å². The Balaban J connectivity index is 1.71. The van der Waals surface area contributed by atoms with Crippen molar-refractivity contribution in [3.63, 3.8) is 0 Å². The summed E-state index contributed by atoms with van der Waals surface area (Å²) in [6.45, 7) is 4.61. The lowest BCUT2D eigenvalue weighted by atomic mass is 9.69. The van der Waals surface area contributed by atoms with Crippen molar-refractivity contribution in [2.75, 3.05) is 5.32 Å². The molecule has 4 rings (SSSR count). The summed E-state index contributed by atoms with van der Waals surface area (Å²) in [5.41, 5.74) is 5.32. The van der Waals surface area contributed by atoms with Gasteiger partial charge in [0.05, 0.1) is 22.2 Å². The quantitative estimate of drug-likeness (QED) is 0.842. The maximum absolute atomic E-state index is 11.6. The monoisotopic (exact) mass is 381 g/mol. The third kappa shape index (κ3) is 3.01. The fraction of sp³-hybridized carbons (Fsp3) is 0.381. The van der Waals surface area contributed by atoms with Crippen LogP contribution in [-0.4, -0.2) is 8.42 Å². The number of nitrogens with two attached hydrogens (primary N) is 1. The van der Waals surface area contributed by atoms with E-state index in [1.54, 1.807) is 6.07 Å². The van der Waals surface area contributed by atoms with Crippen molar-refractivity contribution >= 4 is 15.7 Å². The second kappa shape index (κ2) is 6.08. The molecule has 0 radical (unpaired) electrons. The number of rotatable bonds is 3. The Morgan fingerprint density at radius 2 is 2.04 bits per heavy atom. The van der Waals surface area contributed by atoms with Crippen LogP contribution in [0.1, 0.15) is 67.3 Å². The summed E-state index contributed by atoms with van der Waals surface area (Å²) in [5, 5.41) is 18.1. The van der Waals surface area contributed by atoms with Crippen LogP contribution in [0.4, 0.5) is 5.69 Å². The summed E-state index contributed by atoms with van der Waals surface area (Å²) in [7, 11) is -3.83. The number of nitriles is 1. The van der Waals surface area contributed by atoms with Gasteiger partial charge in [-0.2, -0.15) is 5.26 Å². The fourth-order valence-corrected chi connectivity index (χ4v) is 5.18. The van der Waals surface area contributed by atoms with Gasteiger partial charge in [0.15, 0.2) is 0 Å². The molecular weight excluding hydrogens is 358 g/mol. The van der Waals surface area contributed by atoms with E-state index in [9.17, 15) is 13.7 Å². The molecule has 0 heterocycles. The minimum Gasteiger partial charge on any atom is -0.377 e. The van der Waals surface area contributed by atoms with Gasteiger partial charge in [0.1, 0.15) is 6.07 Å². The minimum absolute atomic E-state index is 0.0451. The van der Waals surface area contributed by atoms with E-state index < -0.39 is 10.0 Å². The van der Waals surface area contributed by atoms with Gasteiger partial charge < -0.3 is 5.32 Å². The van der Waals surface area contributed by atoms with E-state index in [0.29, 0.717) is 11.6 Å². The summed E-state index contributed by atoms with van der Waals surface area (Å²) in [6, 6.07) is 13.2. The van der Waals surface area contributed by atoms with Crippen LogP contribution >= 0.6 is 0 Å². The van der Waals surface area contributed by atoms with E-state index in [-0.39, 0.29) is 21.9 Å². The molecule has 6 heteroatoms. The van der Waals surface area contributed by atoms with Crippen molar-refractivity contribution in [2.24, 2.45) is 5.14 Å². The van der Waals surface area contributed by atoms with Crippen LogP contribution in [0.15, 0.2) is 41.3 Å². The number of nitrogens with one attached hydrogen (secondary N) is 1. The van der Waals surface area contributed by atoms with Gasteiger partial charge >= 0.3 is 0 Å². The molecule has 0 aliphatic heterocycles. The van der Waals surface area contributed by atoms with Crippen LogP contribution in [0.3, 0.4) is 0 Å². The molecule has 2 atom stereocenters. The van der Waals surface area contributed by atoms with Crippen LogP contribution in [0.5, 0.6) is 0 Å². The zero-order valence-electron chi connectivity index (χ0n) is 15.5. The molecule has 0 aromatic heterocycles. The maximum atomic E-state index is 11.6. The molecule has 2 aliphatic rings. The molecule has 0 amide bonds. The fourth-order valence-electron chi connectivity index (χ4n) is 4.64. The SMILES string of the molecule is CC1(C)CCC2CC(Nc3ccc(S(N)(=O)=O)cc3C#N)c3cccc1c32. The average molecular weight is 382 g/mol. The lowest BCUT2D eigenvalue weighted by Crippen LogP contribution is -2.25. The van der Waals surface area contributed by atoms with Gasteiger partial charge in [-0.05, 0) is 65.5 Å². The molecule has 0 spiro atoms. The Labute approximate surface area is 160 Å². The molecule has 3 N–H and O–H groups in total. The van der Waals surface area contributed by atoms with Crippen LogP contribution in [0.2, 0.25) is 0 Å². The van der Waals surface area contributed by atoms with Crippen LogP contribution in [0, 0.1) is 11.3 Å². The first-order chi connectivity index (χ1) is 12.7. The van der Waals surface area contributed by atoms with E-state index in [2.05, 4.69) is 43.4 Å². The second-order valence-corrected chi connectivity index (χ2v) is 9.79. The molecule has 2 aromatic carbocycles. The van der Waals surface area contributed by atoms with Crippen molar-refractivity contribution in [3.8, 4) is 6.07 Å². The Hall–Kier alpha value is -2.36. The molecule has 0 bridgehead atoms. The number of primary sulfonamides is 1. The van der Waals surface area contributed by atoms with Gasteiger partial charge in [-0.1, -0.05) is 32.0 Å². The predicted molar refractivity (Wildman–Crippen MR) is 105 cm³/mol. The molecule has 2 aliphatic carbocycles. The highest BCUT2D eigenvalue weighted by Crippen LogP contribution is 2.53. The summed E-state index contributed by atoms with van der Waals surface area (Å²) in [5.74, 6) is 0.538. The molecule has 2 unspecified atom stereocenters. The topological polar surface area (TPSA) is 96.0 Å². The Bertz CT molecular complexity index is 1070. The van der Waals surface area contributed by atoms with Crippen molar-refractivity contribution in [1.82, 2.24) is 0 Å². The molecule has 0 fully saturated rings. The summed E-state index contributed by atoms with van der Waals surface area (Å²) in [4.78, 5) is -0.0451. The molecule has 0 saturated heterocycles. The van der Waals surface area contributed by atoms with Crippen LogP contribution < -0.4 is 10.5 Å². The van der Waals surface area contributed by atoms with Gasteiger partial charge in [0.2, 0.25) is 10.0 Å². The third-order valence-corrected chi connectivity index (χ3v) is 6.97. The van der Waals surface area contributed by atoms with Crippen LogP contribution in [-0.2, 0) is 15.4 Å². The van der Waals surface area contributed by atoms with Crippen molar-refractivity contribution < 1.29 is 8.42 Å². The highest BCUT2D eigenvalue weighted by Gasteiger charge is 2.40. The summed E-state index contributed by atoms with van der Waals surface area (Å²) < 4.78 is 23.1. The molecule has 140 valence electrons.